The highest BCUT2D eigenvalue weighted by molar-refractivity contribution is 7.98. The van der Waals surface area contributed by atoms with Crippen molar-refractivity contribution in [1.82, 2.24) is 16.0 Å². The van der Waals surface area contributed by atoms with Gasteiger partial charge in [-0.25, -0.2) is 4.99 Å². The molecule has 0 atom stereocenters. The number of hydrogen-bond acceptors (Lipinski definition) is 3. The fraction of sp³-hybridized carbons (Fsp3) is 0.467. The van der Waals surface area contributed by atoms with Crippen LogP contribution in [0, 0.1) is 0 Å². The van der Waals surface area contributed by atoms with Crippen molar-refractivity contribution in [3.05, 3.63) is 35.4 Å². The summed E-state index contributed by atoms with van der Waals surface area (Å²) in [5, 5.41) is 9.11. The highest BCUT2D eigenvalue weighted by atomic mass is 32.2. The number of hydrogen-bond donors (Lipinski definition) is 3. The second kappa shape index (κ2) is 10.1. The number of aliphatic imine (C=N–C) groups is 1. The molecule has 21 heavy (non-hydrogen) atoms. The van der Waals surface area contributed by atoms with Gasteiger partial charge in [0.2, 0.25) is 0 Å². The summed E-state index contributed by atoms with van der Waals surface area (Å²) in [5.74, 6) is 1.80. The highest BCUT2D eigenvalue weighted by Gasteiger charge is 2.02. The zero-order chi connectivity index (χ0) is 15.5. The van der Waals surface area contributed by atoms with Crippen LogP contribution in [0.5, 0.6) is 0 Å². The second-order valence-corrected chi connectivity index (χ2v) is 5.38. The van der Waals surface area contributed by atoms with Gasteiger partial charge in [-0.2, -0.15) is 11.8 Å². The molecule has 1 aromatic carbocycles. The van der Waals surface area contributed by atoms with Crippen LogP contribution in [0.1, 0.15) is 22.8 Å². The first-order valence-corrected chi connectivity index (χ1v) is 8.42. The van der Waals surface area contributed by atoms with Crippen LogP contribution in [-0.4, -0.2) is 44.0 Å². The molecule has 3 N–H and O–H groups in total. The SMILES string of the molecule is CCNC(=NCc1ccc(C(=O)NC)cc1)NCCSC. The third-order valence-electron chi connectivity index (χ3n) is 2.81. The first-order chi connectivity index (χ1) is 10.2. The number of nitrogens with one attached hydrogen (secondary N) is 3. The topological polar surface area (TPSA) is 65.5 Å². The number of nitrogens with zero attached hydrogens (tertiary/aromatic N) is 1. The molecular weight excluding hydrogens is 284 g/mol. The van der Waals surface area contributed by atoms with Gasteiger partial charge in [-0.3, -0.25) is 4.79 Å². The molecule has 0 aliphatic heterocycles. The zero-order valence-corrected chi connectivity index (χ0v) is 13.7. The van der Waals surface area contributed by atoms with Gasteiger partial charge in [0.25, 0.3) is 5.91 Å². The minimum Gasteiger partial charge on any atom is -0.357 e. The number of carbonyl (C=O) groups excluding carboxylic acids is 1. The molecule has 0 unspecified atom stereocenters. The lowest BCUT2D eigenvalue weighted by molar-refractivity contribution is 0.0963. The van der Waals surface area contributed by atoms with Crippen LogP contribution in [0.2, 0.25) is 0 Å². The summed E-state index contributed by atoms with van der Waals surface area (Å²) in [6, 6.07) is 7.49. The summed E-state index contributed by atoms with van der Waals surface area (Å²) in [6.07, 6.45) is 2.08. The predicted octanol–water partition coefficient (Wildman–Crippen LogP) is 1.46. The Kier molecular flexibility index (Phi) is 8.35. The number of thioether (sulfide) groups is 1. The molecule has 1 aromatic rings. The molecular formula is C15H24N4OS. The Bertz CT molecular complexity index is 459. The van der Waals surface area contributed by atoms with Crippen molar-refractivity contribution in [2.24, 2.45) is 4.99 Å². The maximum atomic E-state index is 11.5. The number of rotatable bonds is 7. The van der Waals surface area contributed by atoms with E-state index in [1.807, 2.05) is 31.2 Å². The van der Waals surface area contributed by atoms with E-state index in [9.17, 15) is 4.79 Å². The standard InChI is InChI=1S/C15H24N4OS/c1-4-17-15(18-9-10-21-3)19-11-12-5-7-13(8-6-12)14(20)16-2/h5-8H,4,9-11H2,1-3H3,(H,16,20)(H2,17,18,19). The van der Waals surface area contributed by atoms with Crippen LogP contribution in [-0.2, 0) is 6.54 Å². The van der Waals surface area contributed by atoms with E-state index < -0.39 is 0 Å². The van der Waals surface area contributed by atoms with Crippen LogP contribution < -0.4 is 16.0 Å². The molecule has 0 aliphatic rings. The molecule has 0 bridgehead atoms. The summed E-state index contributed by atoms with van der Waals surface area (Å²) in [7, 11) is 1.63. The lowest BCUT2D eigenvalue weighted by Crippen LogP contribution is -2.38. The largest absolute Gasteiger partial charge is 0.357 e. The number of benzene rings is 1. The molecule has 0 heterocycles. The average Bonchev–Trinajstić information content (AvgIpc) is 2.52. The van der Waals surface area contributed by atoms with Crippen LogP contribution in [0.15, 0.2) is 29.3 Å². The van der Waals surface area contributed by atoms with Crippen LogP contribution in [0.25, 0.3) is 0 Å². The summed E-state index contributed by atoms with van der Waals surface area (Å²) in [4.78, 5) is 16.0. The Balaban J connectivity index is 2.60. The molecule has 0 radical (unpaired) electrons. The maximum Gasteiger partial charge on any atom is 0.251 e. The first kappa shape index (κ1) is 17.4. The van der Waals surface area contributed by atoms with E-state index in [0.717, 1.165) is 30.4 Å². The molecule has 0 saturated heterocycles. The molecule has 1 rings (SSSR count). The van der Waals surface area contributed by atoms with Gasteiger partial charge in [-0.1, -0.05) is 12.1 Å². The highest BCUT2D eigenvalue weighted by Crippen LogP contribution is 2.05. The van der Waals surface area contributed by atoms with Crippen LogP contribution >= 0.6 is 11.8 Å². The van der Waals surface area contributed by atoms with Crippen molar-refractivity contribution >= 4 is 23.6 Å². The Morgan fingerprint density at radius 2 is 1.95 bits per heavy atom. The van der Waals surface area contributed by atoms with Crippen molar-refractivity contribution in [1.29, 1.82) is 0 Å². The van der Waals surface area contributed by atoms with Gasteiger partial charge in [0.05, 0.1) is 6.54 Å². The minimum absolute atomic E-state index is 0.0721. The Morgan fingerprint density at radius 1 is 1.24 bits per heavy atom. The number of guanidine groups is 1. The lowest BCUT2D eigenvalue weighted by atomic mass is 10.1. The lowest BCUT2D eigenvalue weighted by Gasteiger charge is -2.10. The molecule has 6 heteroatoms. The van der Waals surface area contributed by atoms with Crippen molar-refractivity contribution < 1.29 is 4.79 Å². The number of amides is 1. The van der Waals surface area contributed by atoms with Crippen molar-refractivity contribution in [3.8, 4) is 0 Å². The van der Waals surface area contributed by atoms with Gasteiger partial charge in [0.15, 0.2) is 5.96 Å². The van der Waals surface area contributed by atoms with E-state index in [1.165, 1.54) is 0 Å². The molecule has 116 valence electrons. The van der Waals surface area contributed by atoms with Gasteiger partial charge in [-0.05, 0) is 30.9 Å². The Hall–Kier alpha value is -1.69. The van der Waals surface area contributed by atoms with E-state index in [4.69, 9.17) is 0 Å². The van der Waals surface area contributed by atoms with Gasteiger partial charge in [0.1, 0.15) is 0 Å². The molecule has 0 fully saturated rings. The molecule has 5 nitrogen and oxygen atoms in total. The predicted molar refractivity (Wildman–Crippen MR) is 91.0 cm³/mol. The van der Waals surface area contributed by atoms with E-state index in [0.29, 0.717) is 12.1 Å². The third kappa shape index (κ3) is 6.53. The van der Waals surface area contributed by atoms with E-state index >= 15 is 0 Å². The third-order valence-corrected chi connectivity index (χ3v) is 3.42. The van der Waals surface area contributed by atoms with Crippen molar-refractivity contribution in [2.75, 3.05) is 32.1 Å². The van der Waals surface area contributed by atoms with E-state index in [-0.39, 0.29) is 5.91 Å². The zero-order valence-electron chi connectivity index (χ0n) is 12.9. The summed E-state index contributed by atoms with van der Waals surface area (Å²) in [5.41, 5.74) is 1.74. The van der Waals surface area contributed by atoms with Gasteiger partial charge in [-0.15, -0.1) is 0 Å². The average molecular weight is 308 g/mol. The first-order valence-electron chi connectivity index (χ1n) is 7.03. The summed E-state index contributed by atoms with van der Waals surface area (Å²) >= 11 is 1.80. The van der Waals surface area contributed by atoms with Crippen LogP contribution in [0.4, 0.5) is 0 Å². The Labute approximate surface area is 131 Å². The molecule has 0 aliphatic carbocycles. The molecule has 0 aromatic heterocycles. The number of carbonyl (C=O) groups is 1. The van der Waals surface area contributed by atoms with Gasteiger partial charge in [0, 0.05) is 31.5 Å². The van der Waals surface area contributed by atoms with Gasteiger partial charge >= 0.3 is 0 Å². The maximum absolute atomic E-state index is 11.5. The monoisotopic (exact) mass is 308 g/mol. The molecule has 0 spiro atoms. The van der Waals surface area contributed by atoms with Crippen molar-refractivity contribution in [3.63, 3.8) is 0 Å². The van der Waals surface area contributed by atoms with Gasteiger partial charge < -0.3 is 16.0 Å². The summed E-state index contributed by atoms with van der Waals surface area (Å²) < 4.78 is 0. The fourth-order valence-corrected chi connectivity index (χ4v) is 2.00. The van der Waals surface area contributed by atoms with Crippen molar-refractivity contribution in [2.45, 2.75) is 13.5 Å². The normalized spacial score (nSPS) is 11.1. The smallest absolute Gasteiger partial charge is 0.251 e. The quantitative estimate of drug-likeness (QED) is 0.405. The van der Waals surface area contributed by atoms with E-state index in [1.54, 1.807) is 18.8 Å². The fourth-order valence-electron chi connectivity index (χ4n) is 1.69. The molecule has 0 saturated carbocycles. The molecule has 1 amide bonds. The van der Waals surface area contributed by atoms with Crippen LogP contribution in [0.3, 0.4) is 0 Å². The van der Waals surface area contributed by atoms with E-state index in [2.05, 4.69) is 27.2 Å². The second-order valence-electron chi connectivity index (χ2n) is 4.39. The summed E-state index contributed by atoms with van der Waals surface area (Å²) in [6.45, 7) is 4.36. The minimum atomic E-state index is -0.0721. The Morgan fingerprint density at radius 3 is 2.52 bits per heavy atom.